The van der Waals surface area contributed by atoms with Gasteiger partial charge in [0.1, 0.15) is 5.75 Å². The summed E-state index contributed by atoms with van der Waals surface area (Å²) in [6, 6.07) is 6.30. The van der Waals surface area contributed by atoms with Crippen molar-refractivity contribution >= 4 is 17.4 Å². The first kappa shape index (κ1) is 12.0. The van der Waals surface area contributed by atoms with Crippen LogP contribution in [0.3, 0.4) is 0 Å². The zero-order valence-electron chi connectivity index (χ0n) is 10.1. The summed E-state index contributed by atoms with van der Waals surface area (Å²) in [6.45, 7) is 1.75. The second-order valence-corrected chi connectivity index (χ2v) is 3.94. The fourth-order valence-electron chi connectivity index (χ4n) is 1.66. The van der Waals surface area contributed by atoms with Crippen molar-refractivity contribution in [3.63, 3.8) is 0 Å². The van der Waals surface area contributed by atoms with Crippen molar-refractivity contribution in [2.75, 3.05) is 11.1 Å². The molecule has 0 saturated heterocycles. The first-order chi connectivity index (χ1) is 8.50. The number of anilines is 2. The van der Waals surface area contributed by atoms with E-state index in [-0.39, 0.29) is 11.3 Å². The Hall–Kier alpha value is -2.50. The average molecular weight is 246 g/mol. The average Bonchev–Trinajstić information content (AvgIpc) is 2.56. The number of phenolic OH excluding ortho intramolecular Hbond substituents is 1. The van der Waals surface area contributed by atoms with Crippen LogP contribution in [0.5, 0.6) is 5.75 Å². The van der Waals surface area contributed by atoms with Gasteiger partial charge >= 0.3 is 0 Å². The van der Waals surface area contributed by atoms with Crippen molar-refractivity contribution in [2.24, 2.45) is 7.05 Å². The molecule has 0 atom stereocenters. The minimum absolute atomic E-state index is 0.0764. The molecule has 94 valence electrons. The SMILES string of the molecule is Cc1nn(C)c(NC(=O)c2ccccc2O)c1N. The van der Waals surface area contributed by atoms with E-state index in [1.165, 1.54) is 16.8 Å². The largest absolute Gasteiger partial charge is 0.507 e. The Morgan fingerprint density at radius 2 is 2.11 bits per heavy atom. The number of aromatic hydroxyl groups is 1. The van der Waals surface area contributed by atoms with Crippen molar-refractivity contribution in [1.29, 1.82) is 0 Å². The van der Waals surface area contributed by atoms with Crippen LogP contribution in [0, 0.1) is 6.92 Å². The lowest BCUT2D eigenvalue weighted by molar-refractivity contribution is 0.102. The number of aromatic nitrogens is 2. The lowest BCUT2D eigenvalue weighted by atomic mass is 10.2. The normalized spacial score (nSPS) is 10.3. The number of carbonyl (C=O) groups is 1. The lowest BCUT2D eigenvalue weighted by Crippen LogP contribution is -2.15. The molecule has 6 nitrogen and oxygen atoms in total. The molecule has 0 radical (unpaired) electrons. The van der Waals surface area contributed by atoms with E-state index in [4.69, 9.17) is 5.73 Å². The number of para-hydroxylation sites is 1. The van der Waals surface area contributed by atoms with Gasteiger partial charge in [-0.1, -0.05) is 12.1 Å². The minimum Gasteiger partial charge on any atom is -0.507 e. The van der Waals surface area contributed by atoms with Crippen LogP contribution in [-0.2, 0) is 7.05 Å². The molecular formula is C12H14N4O2. The number of hydrogen-bond donors (Lipinski definition) is 3. The molecule has 2 aromatic rings. The summed E-state index contributed by atoms with van der Waals surface area (Å²) in [7, 11) is 1.68. The summed E-state index contributed by atoms with van der Waals surface area (Å²) < 4.78 is 1.49. The zero-order valence-corrected chi connectivity index (χ0v) is 10.1. The van der Waals surface area contributed by atoms with Crippen molar-refractivity contribution in [2.45, 2.75) is 6.92 Å². The third-order valence-corrected chi connectivity index (χ3v) is 2.65. The Balaban J connectivity index is 2.30. The molecule has 6 heteroatoms. The summed E-state index contributed by atoms with van der Waals surface area (Å²) >= 11 is 0. The number of carbonyl (C=O) groups excluding carboxylic acids is 1. The highest BCUT2D eigenvalue weighted by molar-refractivity contribution is 6.06. The number of phenols is 1. The van der Waals surface area contributed by atoms with Gasteiger partial charge in [-0.25, -0.2) is 0 Å². The van der Waals surface area contributed by atoms with E-state index < -0.39 is 5.91 Å². The monoisotopic (exact) mass is 246 g/mol. The quantitative estimate of drug-likeness (QED) is 0.743. The maximum Gasteiger partial charge on any atom is 0.260 e. The highest BCUT2D eigenvalue weighted by atomic mass is 16.3. The minimum atomic E-state index is -0.428. The number of nitrogens with two attached hydrogens (primary N) is 1. The fourth-order valence-corrected chi connectivity index (χ4v) is 1.66. The van der Waals surface area contributed by atoms with Crippen LogP contribution in [0.1, 0.15) is 16.1 Å². The summed E-state index contributed by atoms with van der Waals surface area (Å²) in [5.41, 5.74) is 7.06. The van der Waals surface area contributed by atoms with E-state index >= 15 is 0 Å². The predicted molar refractivity (Wildman–Crippen MR) is 68.4 cm³/mol. The van der Waals surface area contributed by atoms with Gasteiger partial charge in [0.2, 0.25) is 0 Å². The lowest BCUT2D eigenvalue weighted by Gasteiger charge is -2.07. The van der Waals surface area contributed by atoms with Crippen LogP contribution in [0.25, 0.3) is 0 Å². The first-order valence-corrected chi connectivity index (χ1v) is 5.39. The third-order valence-electron chi connectivity index (χ3n) is 2.65. The summed E-state index contributed by atoms with van der Waals surface area (Å²) in [4.78, 5) is 12.0. The van der Waals surface area contributed by atoms with E-state index in [1.807, 2.05) is 0 Å². The number of aryl methyl sites for hydroxylation is 2. The van der Waals surface area contributed by atoms with Gasteiger partial charge in [0, 0.05) is 7.05 Å². The molecular weight excluding hydrogens is 232 g/mol. The van der Waals surface area contributed by atoms with Crippen LogP contribution in [0.2, 0.25) is 0 Å². The maximum atomic E-state index is 12.0. The molecule has 0 saturated carbocycles. The molecule has 0 bridgehead atoms. The molecule has 1 aromatic carbocycles. The second kappa shape index (κ2) is 4.40. The third kappa shape index (κ3) is 2.00. The van der Waals surface area contributed by atoms with Crippen LogP contribution >= 0.6 is 0 Å². The van der Waals surface area contributed by atoms with Crippen molar-refractivity contribution < 1.29 is 9.90 Å². The standard InChI is InChI=1S/C12H14N4O2/c1-7-10(13)11(16(2)15-7)14-12(18)8-5-3-4-6-9(8)17/h3-6,17H,13H2,1-2H3,(H,14,18). The summed E-state index contributed by atoms with van der Waals surface area (Å²) in [6.07, 6.45) is 0. The van der Waals surface area contributed by atoms with Crippen molar-refractivity contribution in [3.05, 3.63) is 35.5 Å². The van der Waals surface area contributed by atoms with E-state index in [0.29, 0.717) is 17.2 Å². The van der Waals surface area contributed by atoms with Crippen LogP contribution in [-0.4, -0.2) is 20.8 Å². The Bertz CT molecular complexity index is 604. The molecule has 1 aromatic heterocycles. The van der Waals surface area contributed by atoms with E-state index in [1.54, 1.807) is 26.1 Å². The topological polar surface area (TPSA) is 93.2 Å². The molecule has 0 unspecified atom stereocenters. The Kier molecular flexibility index (Phi) is 2.93. The van der Waals surface area contributed by atoms with E-state index in [2.05, 4.69) is 10.4 Å². The van der Waals surface area contributed by atoms with Gasteiger partial charge in [-0.15, -0.1) is 0 Å². The number of rotatable bonds is 2. The fraction of sp³-hybridized carbons (Fsp3) is 0.167. The van der Waals surface area contributed by atoms with Crippen molar-refractivity contribution in [1.82, 2.24) is 9.78 Å². The molecule has 0 spiro atoms. The van der Waals surface area contributed by atoms with E-state index in [0.717, 1.165) is 0 Å². The molecule has 0 aliphatic heterocycles. The highest BCUT2D eigenvalue weighted by Crippen LogP contribution is 2.23. The number of amides is 1. The number of nitrogens with zero attached hydrogens (tertiary/aromatic N) is 2. The Morgan fingerprint density at radius 1 is 1.44 bits per heavy atom. The van der Waals surface area contributed by atoms with Gasteiger partial charge in [0.15, 0.2) is 5.82 Å². The Labute approximate surface area is 104 Å². The van der Waals surface area contributed by atoms with Gasteiger partial charge in [-0.05, 0) is 19.1 Å². The predicted octanol–water partition coefficient (Wildman–Crippen LogP) is 1.27. The summed E-state index contributed by atoms with van der Waals surface area (Å²) in [5.74, 6) is -0.0870. The number of nitrogens with one attached hydrogen (secondary N) is 1. The Morgan fingerprint density at radius 3 is 2.67 bits per heavy atom. The smallest absolute Gasteiger partial charge is 0.260 e. The van der Waals surface area contributed by atoms with Crippen LogP contribution < -0.4 is 11.1 Å². The highest BCUT2D eigenvalue weighted by Gasteiger charge is 2.16. The molecule has 1 amide bonds. The summed E-state index contributed by atoms with van der Waals surface area (Å²) in [5, 5.41) is 16.3. The molecule has 0 aliphatic carbocycles. The molecule has 2 rings (SSSR count). The zero-order chi connectivity index (χ0) is 13.3. The number of nitrogen functional groups attached to an aromatic ring is 1. The van der Waals surface area contributed by atoms with Crippen LogP contribution in [0.15, 0.2) is 24.3 Å². The van der Waals surface area contributed by atoms with Gasteiger partial charge in [-0.2, -0.15) is 5.10 Å². The van der Waals surface area contributed by atoms with Crippen molar-refractivity contribution in [3.8, 4) is 5.75 Å². The molecule has 0 aliphatic rings. The first-order valence-electron chi connectivity index (χ1n) is 5.39. The molecule has 0 fully saturated rings. The van der Waals surface area contributed by atoms with Gasteiger partial charge in [-0.3, -0.25) is 9.48 Å². The van der Waals surface area contributed by atoms with Gasteiger partial charge in [0.05, 0.1) is 16.9 Å². The van der Waals surface area contributed by atoms with Gasteiger partial charge < -0.3 is 16.2 Å². The molecule has 4 N–H and O–H groups in total. The van der Waals surface area contributed by atoms with Gasteiger partial charge in [0.25, 0.3) is 5.91 Å². The maximum absolute atomic E-state index is 12.0. The number of hydrogen-bond acceptors (Lipinski definition) is 4. The van der Waals surface area contributed by atoms with E-state index in [9.17, 15) is 9.90 Å². The number of benzene rings is 1. The molecule has 18 heavy (non-hydrogen) atoms. The molecule has 1 heterocycles. The van der Waals surface area contributed by atoms with Crippen LogP contribution in [0.4, 0.5) is 11.5 Å². The second-order valence-electron chi connectivity index (χ2n) is 3.94.